The maximum Gasteiger partial charge on any atom is 0.335 e. The van der Waals surface area contributed by atoms with Crippen molar-refractivity contribution in [2.24, 2.45) is 0 Å². The van der Waals surface area contributed by atoms with Gasteiger partial charge in [-0.05, 0) is 42.5 Å². The molecule has 0 amide bonds. The van der Waals surface area contributed by atoms with Crippen molar-refractivity contribution in [3.05, 3.63) is 45.3 Å². The zero-order valence-corrected chi connectivity index (χ0v) is 11.8. The van der Waals surface area contributed by atoms with Crippen molar-refractivity contribution in [3.8, 4) is 0 Å². The minimum atomic E-state index is -0.924. The molecule has 0 saturated carbocycles. The molecule has 100 valence electrons. The van der Waals surface area contributed by atoms with Gasteiger partial charge in [0.05, 0.1) is 12.1 Å². The number of rotatable bonds is 5. The van der Waals surface area contributed by atoms with E-state index in [0.29, 0.717) is 18.8 Å². The summed E-state index contributed by atoms with van der Waals surface area (Å²) < 4.78 is 0. The Kier molecular flexibility index (Phi) is 4.16. The molecular weight excluding hydrogens is 260 g/mol. The molecule has 0 spiro atoms. The van der Waals surface area contributed by atoms with Crippen LogP contribution >= 0.6 is 11.3 Å². The van der Waals surface area contributed by atoms with E-state index in [1.807, 2.05) is 12.3 Å². The number of carbonyl (C=O) groups is 1. The number of aromatic nitrogens is 1. The van der Waals surface area contributed by atoms with Gasteiger partial charge in [-0.25, -0.2) is 9.78 Å². The van der Waals surface area contributed by atoms with Gasteiger partial charge in [-0.15, -0.1) is 11.3 Å². The Morgan fingerprint density at radius 3 is 2.84 bits per heavy atom. The average molecular weight is 276 g/mol. The van der Waals surface area contributed by atoms with Gasteiger partial charge in [0.15, 0.2) is 0 Å². The van der Waals surface area contributed by atoms with E-state index < -0.39 is 5.97 Å². The predicted octanol–water partition coefficient (Wildman–Crippen LogP) is 3.32. The molecule has 2 aromatic heterocycles. The largest absolute Gasteiger partial charge is 0.478 e. The summed E-state index contributed by atoms with van der Waals surface area (Å²) in [6, 6.07) is 5.26. The van der Waals surface area contributed by atoms with Crippen molar-refractivity contribution in [2.75, 3.05) is 5.32 Å². The van der Waals surface area contributed by atoms with Crippen LogP contribution in [0, 0.1) is 6.92 Å². The highest BCUT2D eigenvalue weighted by molar-refractivity contribution is 7.10. The second kappa shape index (κ2) is 5.84. The first-order chi connectivity index (χ1) is 9.10. The van der Waals surface area contributed by atoms with Gasteiger partial charge in [0.2, 0.25) is 0 Å². The van der Waals surface area contributed by atoms with Crippen molar-refractivity contribution in [1.29, 1.82) is 0 Å². The van der Waals surface area contributed by atoms with Gasteiger partial charge >= 0.3 is 5.97 Å². The summed E-state index contributed by atoms with van der Waals surface area (Å²) in [6.07, 6.45) is 0.716. The molecule has 4 nitrogen and oxygen atoms in total. The van der Waals surface area contributed by atoms with Crippen LogP contribution in [0.5, 0.6) is 0 Å². The molecule has 2 aromatic rings. The van der Waals surface area contributed by atoms with E-state index in [1.54, 1.807) is 23.5 Å². The lowest BCUT2D eigenvalue weighted by atomic mass is 10.2. The number of carboxylic acids is 1. The summed E-state index contributed by atoms with van der Waals surface area (Å²) in [5.41, 5.74) is 2.30. The molecule has 2 N–H and O–H groups in total. The standard InChI is InChI=1S/C14H16N2O2S/c1-3-11-6-10(14(17)18)7-13(16-11)15-8-12-9(2)4-5-19-12/h4-7H,3,8H2,1-2H3,(H,15,16)(H,17,18). The molecule has 19 heavy (non-hydrogen) atoms. The highest BCUT2D eigenvalue weighted by Crippen LogP contribution is 2.18. The molecule has 0 unspecified atom stereocenters. The molecule has 0 saturated heterocycles. The number of aryl methyl sites for hydroxylation is 2. The van der Waals surface area contributed by atoms with Crippen LogP contribution in [-0.2, 0) is 13.0 Å². The third-order valence-corrected chi connectivity index (χ3v) is 3.91. The van der Waals surface area contributed by atoms with Crippen LogP contribution in [0.3, 0.4) is 0 Å². The summed E-state index contributed by atoms with van der Waals surface area (Å²) in [7, 11) is 0. The second-order valence-electron chi connectivity index (χ2n) is 4.27. The first-order valence-corrected chi connectivity index (χ1v) is 6.99. The normalized spacial score (nSPS) is 10.4. The average Bonchev–Trinajstić information content (AvgIpc) is 2.81. The molecular formula is C14H16N2O2S. The summed E-state index contributed by atoms with van der Waals surface area (Å²) in [4.78, 5) is 16.7. The number of hydrogen-bond acceptors (Lipinski definition) is 4. The molecule has 0 fully saturated rings. The SMILES string of the molecule is CCc1cc(C(=O)O)cc(NCc2sccc2C)n1. The topological polar surface area (TPSA) is 62.2 Å². The van der Waals surface area contributed by atoms with Gasteiger partial charge in [-0.1, -0.05) is 6.92 Å². The van der Waals surface area contributed by atoms with Gasteiger partial charge in [-0.2, -0.15) is 0 Å². The predicted molar refractivity (Wildman–Crippen MR) is 77.0 cm³/mol. The molecule has 0 aliphatic carbocycles. The van der Waals surface area contributed by atoms with Crippen LogP contribution in [0.1, 0.15) is 33.4 Å². The molecule has 0 atom stereocenters. The number of nitrogens with zero attached hydrogens (tertiary/aromatic N) is 1. The Hall–Kier alpha value is -1.88. The molecule has 2 heterocycles. The number of aromatic carboxylic acids is 1. The monoisotopic (exact) mass is 276 g/mol. The Balaban J connectivity index is 2.17. The second-order valence-corrected chi connectivity index (χ2v) is 5.27. The van der Waals surface area contributed by atoms with E-state index in [9.17, 15) is 4.79 Å². The number of nitrogens with one attached hydrogen (secondary N) is 1. The molecule has 0 radical (unpaired) electrons. The third kappa shape index (κ3) is 3.32. The van der Waals surface area contributed by atoms with E-state index >= 15 is 0 Å². The van der Waals surface area contributed by atoms with E-state index in [4.69, 9.17) is 5.11 Å². The fourth-order valence-corrected chi connectivity index (χ4v) is 2.58. The molecule has 0 aliphatic heterocycles. The number of thiophene rings is 1. The van der Waals surface area contributed by atoms with Crippen LogP contribution in [0.4, 0.5) is 5.82 Å². The molecule has 0 bridgehead atoms. The van der Waals surface area contributed by atoms with Crippen LogP contribution in [-0.4, -0.2) is 16.1 Å². The zero-order valence-electron chi connectivity index (χ0n) is 10.9. The Bertz CT molecular complexity index is 593. The van der Waals surface area contributed by atoms with Gasteiger partial charge < -0.3 is 10.4 Å². The zero-order chi connectivity index (χ0) is 13.8. The third-order valence-electron chi connectivity index (χ3n) is 2.89. The number of pyridine rings is 1. The maximum atomic E-state index is 11.1. The van der Waals surface area contributed by atoms with Crippen LogP contribution in [0.15, 0.2) is 23.6 Å². The molecule has 0 aliphatic rings. The summed E-state index contributed by atoms with van der Waals surface area (Å²) in [6.45, 7) is 4.69. The van der Waals surface area contributed by atoms with E-state index in [2.05, 4.69) is 23.3 Å². The number of hydrogen-bond donors (Lipinski definition) is 2. The molecule has 5 heteroatoms. The van der Waals surface area contributed by atoms with E-state index in [1.165, 1.54) is 10.4 Å². The number of anilines is 1. The van der Waals surface area contributed by atoms with Crippen LogP contribution < -0.4 is 5.32 Å². The minimum Gasteiger partial charge on any atom is -0.478 e. The summed E-state index contributed by atoms with van der Waals surface area (Å²) >= 11 is 1.68. The molecule has 0 aromatic carbocycles. The highest BCUT2D eigenvalue weighted by Gasteiger charge is 2.08. The van der Waals surface area contributed by atoms with Crippen molar-refractivity contribution >= 4 is 23.1 Å². The lowest BCUT2D eigenvalue weighted by Crippen LogP contribution is -2.06. The lowest BCUT2D eigenvalue weighted by Gasteiger charge is -2.08. The lowest BCUT2D eigenvalue weighted by molar-refractivity contribution is 0.0696. The van der Waals surface area contributed by atoms with Crippen molar-refractivity contribution in [2.45, 2.75) is 26.8 Å². The smallest absolute Gasteiger partial charge is 0.335 e. The van der Waals surface area contributed by atoms with Gasteiger partial charge in [-0.3, -0.25) is 0 Å². The summed E-state index contributed by atoms with van der Waals surface area (Å²) in [5, 5.41) is 14.3. The first-order valence-electron chi connectivity index (χ1n) is 6.11. The van der Waals surface area contributed by atoms with Gasteiger partial charge in [0.1, 0.15) is 5.82 Å². The highest BCUT2D eigenvalue weighted by atomic mass is 32.1. The van der Waals surface area contributed by atoms with E-state index in [-0.39, 0.29) is 5.56 Å². The minimum absolute atomic E-state index is 0.275. The van der Waals surface area contributed by atoms with Gasteiger partial charge in [0.25, 0.3) is 0 Å². The Morgan fingerprint density at radius 1 is 1.47 bits per heavy atom. The summed E-state index contributed by atoms with van der Waals surface area (Å²) in [5.74, 6) is -0.308. The molecule has 2 rings (SSSR count). The number of carboxylic acid groups (broad SMARTS) is 1. The first kappa shape index (κ1) is 13.5. The maximum absolute atomic E-state index is 11.1. The van der Waals surface area contributed by atoms with E-state index in [0.717, 1.165) is 5.69 Å². The fraction of sp³-hybridized carbons (Fsp3) is 0.286. The quantitative estimate of drug-likeness (QED) is 0.879. The van der Waals surface area contributed by atoms with Crippen molar-refractivity contribution in [3.63, 3.8) is 0 Å². The van der Waals surface area contributed by atoms with Crippen molar-refractivity contribution in [1.82, 2.24) is 4.98 Å². The Labute approximate surface area is 116 Å². The van der Waals surface area contributed by atoms with Gasteiger partial charge in [0, 0.05) is 10.6 Å². The van der Waals surface area contributed by atoms with Crippen LogP contribution in [0.25, 0.3) is 0 Å². The van der Waals surface area contributed by atoms with Crippen molar-refractivity contribution < 1.29 is 9.90 Å². The Morgan fingerprint density at radius 2 is 2.26 bits per heavy atom. The fourth-order valence-electron chi connectivity index (χ4n) is 1.74. The van der Waals surface area contributed by atoms with Crippen LogP contribution in [0.2, 0.25) is 0 Å².